The summed E-state index contributed by atoms with van der Waals surface area (Å²) < 4.78 is 3.48. The molecule has 31 heavy (non-hydrogen) atoms. The van der Waals surface area contributed by atoms with Crippen molar-refractivity contribution in [2.45, 2.75) is 92.8 Å². The van der Waals surface area contributed by atoms with Crippen LogP contribution in [0.25, 0.3) is 0 Å². The molecule has 0 aromatic heterocycles. The predicted octanol–water partition coefficient (Wildman–Crippen LogP) is 6.62. The van der Waals surface area contributed by atoms with Crippen molar-refractivity contribution < 1.29 is 4.79 Å². The van der Waals surface area contributed by atoms with E-state index in [4.69, 9.17) is 5.73 Å². The summed E-state index contributed by atoms with van der Waals surface area (Å²) in [7, 11) is 0. The Labute approximate surface area is 191 Å². The number of primary amides is 1. The van der Waals surface area contributed by atoms with Gasteiger partial charge in [-0.1, -0.05) is 0 Å². The molecule has 2 aliphatic heterocycles. The van der Waals surface area contributed by atoms with E-state index in [-0.39, 0.29) is 11.8 Å². The molecule has 181 valence electrons. The first kappa shape index (κ1) is 22.9. The van der Waals surface area contributed by atoms with E-state index in [0.717, 1.165) is 38.9 Å². The van der Waals surface area contributed by atoms with Crippen LogP contribution in [0, 0.1) is 35.0 Å². The summed E-state index contributed by atoms with van der Waals surface area (Å²) >= 11 is -1.00. The molecule has 5 rings (SSSR count). The van der Waals surface area contributed by atoms with Crippen LogP contribution in [0.3, 0.4) is 0 Å². The summed E-state index contributed by atoms with van der Waals surface area (Å²) in [5, 5.41) is 0. The van der Waals surface area contributed by atoms with E-state index in [1.165, 1.54) is 44.9 Å². The Morgan fingerprint density at radius 3 is 2.71 bits per heavy atom. The molecule has 1 radical (unpaired) electrons. The second-order valence-electron chi connectivity index (χ2n) is 11.4. The van der Waals surface area contributed by atoms with Crippen LogP contribution in [0.4, 0.5) is 0 Å². The zero-order chi connectivity index (χ0) is 21.1. The van der Waals surface area contributed by atoms with Gasteiger partial charge >= 0.3 is 192 Å². The van der Waals surface area contributed by atoms with Crippen molar-refractivity contribution in [1.29, 1.82) is 0 Å². The molecule has 3 fully saturated rings. The number of hydrogen-bond donors (Lipinski definition) is 1. The molecule has 2 heterocycles. The predicted molar refractivity (Wildman–Crippen MR) is 135 cm³/mol. The van der Waals surface area contributed by atoms with Crippen molar-refractivity contribution in [1.82, 2.24) is 0 Å². The molecule has 1 saturated carbocycles. The third-order valence-electron chi connectivity index (χ3n) is 9.66. The van der Waals surface area contributed by atoms with Gasteiger partial charge in [-0.2, -0.15) is 0 Å². The standard InChI is InChI=1S/C27H41INO.Md/c1-4-5-18-11-15-28-20(16-18)9-14-27(3)22-10-13-26(2)12-8-19(25(29)30)17-23(26)21(22)6-7-24(27)28;/h6-7,16,18-20,22,24H,4-5,8-15,17H2,1-3H3,(H2,29,30);/q-1;. The number of hydrogen-bond acceptors (Lipinski definition) is 1. The van der Waals surface area contributed by atoms with E-state index in [1.807, 2.05) is 0 Å². The average Bonchev–Trinajstić information content (AvgIpc) is 2.72. The molecule has 2 saturated heterocycles. The minimum absolute atomic E-state index is 0. The molecule has 0 aromatic rings. The summed E-state index contributed by atoms with van der Waals surface area (Å²) in [5.74, 6) is 1.62. The van der Waals surface area contributed by atoms with Crippen LogP contribution in [0.15, 0.2) is 23.3 Å². The smallest absolute Gasteiger partial charge is 0 e. The van der Waals surface area contributed by atoms with Gasteiger partial charge in [-0.25, -0.2) is 0 Å². The van der Waals surface area contributed by atoms with Crippen LogP contribution >= 0.6 is 19.8 Å². The van der Waals surface area contributed by atoms with Gasteiger partial charge in [-0.3, -0.25) is 0 Å². The Morgan fingerprint density at radius 2 is 1.97 bits per heavy atom. The molecule has 0 bridgehead atoms. The molecule has 2 nitrogen and oxygen atoms in total. The van der Waals surface area contributed by atoms with E-state index >= 15 is 0 Å². The van der Waals surface area contributed by atoms with Crippen LogP contribution in [0.5, 0.6) is 0 Å². The monoisotopic (exact) mass is 780 g/mol. The fraction of sp³-hybridized carbons (Fsp3) is 0.778. The number of carbonyl (C=O) groups is 1. The molecule has 4 heteroatoms. The SMILES string of the molecule is CCCC1[CH-]C2CCC3(C)C4CCC5(C)CCC(C(N)=O)CC5=C4C=CC3I2CC1.[Md]. The van der Waals surface area contributed by atoms with Crippen LogP contribution < -0.4 is 5.73 Å². The minimum Gasteiger partial charge on any atom is 0 e. The van der Waals surface area contributed by atoms with E-state index in [1.54, 1.807) is 15.6 Å². The van der Waals surface area contributed by atoms with Crippen molar-refractivity contribution in [3.8, 4) is 0 Å². The maximum atomic E-state index is 12.0. The third-order valence-corrected chi connectivity index (χ3v) is 18.2. The van der Waals surface area contributed by atoms with Crippen LogP contribution in [0.2, 0.25) is 0 Å². The zero-order valence-corrected chi connectivity index (χ0v) is 24.0. The van der Waals surface area contributed by atoms with E-state index < -0.39 is 19.8 Å². The van der Waals surface area contributed by atoms with Gasteiger partial charge in [0.1, 0.15) is 0 Å². The Morgan fingerprint density at radius 1 is 1.19 bits per heavy atom. The van der Waals surface area contributed by atoms with Crippen molar-refractivity contribution in [3.63, 3.8) is 0 Å². The second-order valence-corrected chi connectivity index (χ2v) is 17.9. The average molecular weight is 781 g/mol. The fourth-order valence-corrected chi connectivity index (χ4v) is 17.3. The van der Waals surface area contributed by atoms with Gasteiger partial charge in [-0.15, -0.1) is 0 Å². The molecule has 5 aliphatic rings. The van der Waals surface area contributed by atoms with Crippen LogP contribution in [-0.4, -0.2) is 18.2 Å². The van der Waals surface area contributed by atoms with Gasteiger partial charge in [0.25, 0.3) is 0 Å². The molecular weight excluding hydrogens is 739 g/mol. The summed E-state index contributed by atoms with van der Waals surface area (Å²) in [6, 6.07) is 0. The molecule has 3 aliphatic carbocycles. The molecule has 7 atom stereocenters. The van der Waals surface area contributed by atoms with Crippen molar-refractivity contribution in [2.75, 3.05) is 4.43 Å². The van der Waals surface area contributed by atoms with Gasteiger partial charge in [0.05, 0.1) is 0 Å². The summed E-state index contributed by atoms with van der Waals surface area (Å²) in [6.45, 7) is 7.48. The Hall–Kier alpha value is -1.32. The first-order valence-electron chi connectivity index (χ1n) is 12.5. The summed E-state index contributed by atoms with van der Waals surface area (Å²) in [5.41, 5.74) is 9.82. The van der Waals surface area contributed by atoms with E-state index in [9.17, 15) is 4.79 Å². The van der Waals surface area contributed by atoms with Crippen molar-refractivity contribution in [2.24, 2.45) is 34.3 Å². The van der Waals surface area contributed by atoms with Crippen molar-refractivity contribution in [3.05, 3.63) is 29.7 Å². The van der Waals surface area contributed by atoms with Crippen molar-refractivity contribution >= 4 is 25.7 Å². The maximum Gasteiger partial charge on any atom is 0 e. The minimum atomic E-state index is -1.00. The molecule has 1 amide bonds. The second kappa shape index (κ2) is 8.23. The van der Waals surface area contributed by atoms with E-state index in [2.05, 4.69) is 39.3 Å². The number of carbonyl (C=O) groups excluding carboxylic acids is 1. The van der Waals surface area contributed by atoms with Gasteiger partial charge in [0.15, 0.2) is 0 Å². The number of rotatable bonds is 3. The number of nitrogens with two attached hydrogens (primary N) is 1. The number of fused-ring (bicyclic) bond motifs is 6. The van der Waals surface area contributed by atoms with Crippen LogP contribution in [-0.2, 0) is 4.79 Å². The largest absolute Gasteiger partial charge is 0 e. The van der Waals surface area contributed by atoms with Gasteiger partial charge in [0, 0.05) is 0 Å². The summed E-state index contributed by atoms with van der Waals surface area (Å²) in [6.07, 6.45) is 21.0. The maximum absolute atomic E-state index is 12.0. The number of halogens is 1. The topological polar surface area (TPSA) is 43.1 Å². The van der Waals surface area contributed by atoms with Gasteiger partial charge in [-0.05, 0) is 0 Å². The van der Waals surface area contributed by atoms with Crippen LogP contribution in [0.1, 0.15) is 85.0 Å². The van der Waals surface area contributed by atoms with Gasteiger partial charge < -0.3 is 0 Å². The first-order chi connectivity index (χ1) is 14.4. The quantitative estimate of drug-likeness (QED) is 0.196. The van der Waals surface area contributed by atoms with E-state index in [0.29, 0.717) is 10.8 Å². The third kappa shape index (κ3) is 3.56. The number of alkyl halides is 3. The number of amides is 1. The Bertz CT molecular complexity index is 777. The Kier molecular flexibility index (Phi) is 6.07. The molecule has 0 aromatic carbocycles. The first-order valence-corrected chi connectivity index (χ1v) is 16.6. The zero-order valence-electron chi connectivity index (χ0n) is 19.5. The summed E-state index contributed by atoms with van der Waals surface area (Å²) in [4.78, 5) is 12.0. The molecular formula is C27H41IMdNO-. The molecule has 0 spiro atoms. The molecule has 2 N–H and O–H groups in total. The normalized spacial score (nSPS) is 45.0. The Balaban J connectivity index is 0.00000231. The molecule has 7 unspecified atom stereocenters. The number of allylic oxidation sites excluding steroid dienone is 4. The fourth-order valence-electron chi connectivity index (χ4n) is 7.76. The van der Waals surface area contributed by atoms with Gasteiger partial charge in [0.2, 0.25) is 0 Å².